The van der Waals surface area contributed by atoms with Crippen LogP contribution in [0.1, 0.15) is 46.5 Å². The monoisotopic (exact) mass is 285 g/mol. The Kier molecular flexibility index (Phi) is 7.48. The maximum absolute atomic E-state index is 9.60. The van der Waals surface area contributed by atoms with Crippen molar-refractivity contribution in [1.82, 2.24) is 10.2 Å². The molecule has 1 aliphatic carbocycles. The van der Waals surface area contributed by atoms with Crippen LogP contribution in [0.3, 0.4) is 0 Å². The van der Waals surface area contributed by atoms with Gasteiger partial charge in [0.05, 0.1) is 0 Å². The van der Waals surface area contributed by atoms with E-state index in [2.05, 4.69) is 15.0 Å². The van der Waals surface area contributed by atoms with E-state index in [-0.39, 0.29) is 5.60 Å². The van der Waals surface area contributed by atoms with Crippen molar-refractivity contribution in [2.24, 2.45) is 5.73 Å². The van der Waals surface area contributed by atoms with Crippen molar-refractivity contribution >= 4 is 6.47 Å². The first-order chi connectivity index (χ1) is 9.44. The van der Waals surface area contributed by atoms with Crippen LogP contribution in [0, 0.1) is 0 Å². The summed E-state index contributed by atoms with van der Waals surface area (Å²) in [5, 5.41) is 3.39. The van der Waals surface area contributed by atoms with Gasteiger partial charge in [-0.05, 0) is 33.6 Å². The summed E-state index contributed by atoms with van der Waals surface area (Å²) in [6.45, 7) is 10.6. The van der Waals surface area contributed by atoms with Gasteiger partial charge in [0, 0.05) is 38.3 Å². The van der Waals surface area contributed by atoms with Crippen molar-refractivity contribution in [2.45, 2.75) is 64.1 Å². The van der Waals surface area contributed by atoms with E-state index < -0.39 is 0 Å². The normalized spacial score (nSPS) is 28.2. The van der Waals surface area contributed by atoms with E-state index in [1.165, 1.54) is 38.8 Å². The molecule has 1 aliphatic heterocycles. The van der Waals surface area contributed by atoms with Crippen LogP contribution in [0.2, 0.25) is 0 Å². The number of piperazine rings is 1. The van der Waals surface area contributed by atoms with Crippen molar-refractivity contribution < 1.29 is 9.53 Å². The predicted molar refractivity (Wildman–Crippen MR) is 81.6 cm³/mol. The molecular weight excluding hydrogens is 254 g/mol. The lowest BCUT2D eigenvalue weighted by Gasteiger charge is -2.40. The molecule has 0 spiro atoms. The molecule has 0 bridgehead atoms. The number of rotatable bonds is 2. The van der Waals surface area contributed by atoms with Gasteiger partial charge in [0.25, 0.3) is 6.47 Å². The Hall–Kier alpha value is -0.650. The van der Waals surface area contributed by atoms with E-state index in [4.69, 9.17) is 5.73 Å². The Labute approximate surface area is 123 Å². The number of nitrogens with zero attached hydrogens (tertiary/aromatic N) is 1. The van der Waals surface area contributed by atoms with Gasteiger partial charge in [-0.15, -0.1) is 0 Å². The zero-order chi connectivity index (χ0) is 15.0. The van der Waals surface area contributed by atoms with Gasteiger partial charge < -0.3 is 15.8 Å². The highest BCUT2D eigenvalue weighted by atomic mass is 16.5. The summed E-state index contributed by atoms with van der Waals surface area (Å²) in [5.41, 5.74) is 5.83. The maximum atomic E-state index is 9.60. The summed E-state index contributed by atoms with van der Waals surface area (Å²) in [4.78, 5) is 12.2. The van der Waals surface area contributed by atoms with Gasteiger partial charge >= 0.3 is 0 Å². The molecule has 2 rings (SSSR count). The maximum Gasteiger partial charge on any atom is 0.293 e. The molecule has 118 valence electrons. The van der Waals surface area contributed by atoms with E-state index in [0.717, 1.165) is 13.1 Å². The molecule has 5 nitrogen and oxygen atoms in total. The van der Waals surface area contributed by atoms with E-state index >= 15 is 0 Å². The lowest BCUT2D eigenvalue weighted by atomic mass is 9.89. The Balaban J connectivity index is 0.000000246. The number of nitrogens with two attached hydrogens (primary N) is 1. The molecule has 0 aromatic rings. The summed E-state index contributed by atoms with van der Waals surface area (Å²) < 4.78 is 4.55. The predicted octanol–water partition coefficient (Wildman–Crippen LogP) is 1.12. The lowest BCUT2D eigenvalue weighted by Crippen LogP contribution is -2.55. The van der Waals surface area contributed by atoms with Crippen molar-refractivity contribution in [3.05, 3.63) is 0 Å². The molecule has 2 fully saturated rings. The number of carbonyl (C=O) groups excluding carboxylic acids is 1. The highest BCUT2D eigenvalue weighted by molar-refractivity contribution is 5.37. The standard InChI is InChI=1S/C10H21N3.C5H10O2/c11-9-3-1-2-4-10(9)13-7-5-12-6-8-13;1-5(2,3)7-4-6/h9-10,12H,1-8,11H2;4H,1-3H3/t9-,10+;/m0./s1. The second-order valence-corrected chi connectivity index (χ2v) is 6.63. The molecule has 5 heteroatoms. The van der Waals surface area contributed by atoms with Crippen LogP contribution in [-0.4, -0.2) is 55.2 Å². The molecule has 2 atom stereocenters. The molecule has 2 aliphatic rings. The molecule has 0 unspecified atom stereocenters. The van der Waals surface area contributed by atoms with Gasteiger partial charge in [0.1, 0.15) is 5.60 Å². The van der Waals surface area contributed by atoms with E-state index in [1.54, 1.807) is 0 Å². The number of hydrogen-bond donors (Lipinski definition) is 2. The quantitative estimate of drug-likeness (QED) is 0.744. The van der Waals surface area contributed by atoms with Crippen molar-refractivity contribution in [1.29, 1.82) is 0 Å². The van der Waals surface area contributed by atoms with Gasteiger partial charge in [-0.25, -0.2) is 0 Å². The topological polar surface area (TPSA) is 67.6 Å². The Morgan fingerprint density at radius 2 is 1.80 bits per heavy atom. The highest BCUT2D eigenvalue weighted by Gasteiger charge is 2.27. The van der Waals surface area contributed by atoms with Crippen LogP contribution in [0.25, 0.3) is 0 Å². The van der Waals surface area contributed by atoms with Crippen LogP contribution < -0.4 is 11.1 Å². The van der Waals surface area contributed by atoms with E-state index in [1.807, 2.05) is 20.8 Å². The van der Waals surface area contributed by atoms with Gasteiger partial charge in [0.2, 0.25) is 0 Å². The first-order valence-corrected chi connectivity index (χ1v) is 7.76. The van der Waals surface area contributed by atoms with Gasteiger partial charge in [-0.2, -0.15) is 0 Å². The summed E-state index contributed by atoms with van der Waals surface area (Å²) in [6.07, 6.45) is 5.27. The van der Waals surface area contributed by atoms with Crippen molar-refractivity contribution in [2.75, 3.05) is 26.2 Å². The summed E-state index contributed by atoms with van der Waals surface area (Å²) >= 11 is 0. The number of carbonyl (C=O) groups is 1. The molecule has 1 saturated heterocycles. The highest BCUT2D eigenvalue weighted by Crippen LogP contribution is 2.21. The van der Waals surface area contributed by atoms with E-state index in [9.17, 15) is 4.79 Å². The SMILES string of the molecule is CC(C)(C)OC=O.N[C@H]1CCCC[C@H]1N1CCNCC1. The van der Waals surface area contributed by atoms with Crippen molar-refractivity contribution in [3.8, 4) is 0 Å². The molecule has 0 radical (unpaired) electrons. The fourth-order valence-corrected chi connectivity index (χ4v) is 2.75. The fourth-order valence-electron chi connectivity index (χ4n) is 2.75. The minimum absolute atomic E-state index is 0.318. The number of ether oxygens (including phenoxy) is 1. The molecule has 0 amide bonds. The second-order valence-electron chi connectivity index (χ2n) is 6.63. The summed E-state index contributed by atoms with van der Waals surface area (Å²) in [6, 6.07) is 1.11. The number of nitrogens with one attached hydrogen (secondary N) is 1. The van der Waals surface area contributed by atoms with Crippen molar-refractivity contribution in [3.63, 3.8) is 0 Å². The van der Waals surface area contributed by atoms with Crippen LogP contribution in [0.4, 0.5) is 0 Å². The van der Waals surface area contributed by atoms with Gasteiger partial charge in [-0.1, -0.05) is 12.8 Å². The molecule has 0 aromatic heterocycles. The smallest absolute Gasteiger partial charge is 0.293 e. The lowest BCUT2D eigenvalue weighted by molar-refractivity contribution is -0.138. The molecular formula is C15H31N3O2. The Morgan fingerprint density at radius 1 is 1.20 bits per heavy atom. The molecule has 1 saturated carbocycles. The van der Waals surface area contributed by atoms with Crippen LogP contribution in [0.15, 0.2) is 0 Å². The largest absolute Gasteiger partial charge is 0.462 e. The number of hydrogen-bond acceptors (Lipinski definition) is 5. The summed E-state index contributed by atoms with van der Waals surface area (Å²) in [5.74, 6) is 0. The molecule has 3 N–H and O–H groups in total. The third-order valence-electron chi connectivity index (χ3n) is 3.80. The van der Waals surface area contributed by atoms with Crippen LogP contribution in [-0.2, 0) is 9.53 Å². The first kappa shape index (κ1) is 17.4. The van der Waals surface area contributed by atoms with Crippen LogP contribution in [0.5, 0.6) is 0 Å². The Bertz CT molecular complexity index is 273. The minimum atomic E-state index is -0.318. The van der Waals surface area contributed by atoms with Crippen LogP contribution >= 0.6 is 0 Å². The second kappa shape index (κ2) is 8.60. The van der Waals surface area contributed by atoms with E-state index in [0.29, 0.717) is 18.6 Å². The third-order valence-corrected chi connectivity index (χ3v) is 3.80. The minimum Gasteiger partial charge on any atom is -0.462 e. The molecule has 1 heterocycles. The first-order valence-electron chi connectivity index (χ1n) is 7.76. The average molecular weight is 285 g/mol. The molecule has 20 heavy (non-hydrogen) atoms. The average Bonchev–Trinajstić information content (AvgIpc) is 2.40. The zero-order valence-electron chi connectivity index (χ0n) is 13.2. The van der Waals surface area contributed by atoms with Gasteiger partial charge in [0.15, 0.2) is 0 Å². The fraction of sp³-hybridized carbons (Fsp3) is 0.933. The Morgan fingerprint density at radius 3 is 2.25 bits per heavy atom. The van der Waals surface area contributed by atoms with Gasteiger partial charge in [-0.3, -0.25) is 9.69 Å². The zero-order valence-corrected chi connectivity index (χ0v) is 13.2. The summed E-state index contributed by atoms with van der Waals surface area (Å²) in [7, 11) is 0. The third kappa shape index (κ3) is 6.68. The molecule has 0 aromatic carbocycles.